The van der Waals surface area contributed by atoms with Crippen LogP contribution in [0.4, 0.5) is 8.78 Å². The Balaban J connectivity index is 0.00000200. The minimum Gasteiger partial charge on any atom is -0.391 e. The molecular weight excluding hydrogens is 290 g/mol. The van der Waals surface area contributed by atoms with Gasteiger partial charge in [-0.25, -0.2) is 8.78 Å². The number of aliphatic hydroxyl groups is 1. The van der Waals surface area contributed by atoms with E-state index in [0.717, 1.165) is 25.7 Å². The largest absolute Gasteiger partial charge is 0.391 e. The maximum absolute atomic E-state index is 13.0. The molecule has 2 aliphatic rings. The lowest BCUT2D eigenvalue weighted by Gasteiger charge is -2.27. The van der Waals surface area contributed by atoms with Crippen LogP contribution in [-0.4, -0.2) is 42.2 Å². The molecule has 2 atom stereocenters. The third-order valence-corrected chi connectivity index (χ3v) is 4.11. The minimum atomic E-state index is -2.80. The van der Waals surface area contributed by atoms with Gasteiger partial charge in [-0.15, -0.1) is 12.4 Å². The average molecular weight is 313 g/mol. The van der Waals surface area contributed by atoms with Gasteiger partial charge in [0.15, 0.2) is 0 Å². The Morgan fingerprint density at radius 3 is 2.55 bits per heavy atom. The fourth-order valence-corrected chi connectivity index (χ4v) is 2.91. The third-order valence-electron chi connectivity index (χ3n) is 4.11. The summed E-state index contributed by atoms with van der Waals surface area (Å²) in [5.74, 6) is -3.01. The lowest BCUT2D eigenvalue weighted by molar-refractivity contribution is -0.124. The van der Waals surface area contributed by atoms with E-state index in [1.54, 1.807) is 0 Å². The van der Waals surface area contributed by atoms with Crippen LogP contribution in [0, 0.1) is 5.92 Å². The molecule has 2 unspecified atom stereocenters. The molecular formula is C13H23ClF2N2O2. The van der Waals surface area contributed by atoms with E-state index in [9.17, 15) is 18.7 Å². The first-order chi connectivity index (χ1) is 8.98. The number of nitrogens with one attached hydrogen (secondary N) is 2. The second-order valence-electron chi connectivity index (χ2n) is 5.70. The molecule has 0 bridgehead atoms. The van der Waals surface area contributed by atoms with Gasteiger partial charge < -0.3 is 10.4 Å². The standard InChI is InChI=1S/C13H22F2N2O2.ClH/c14-13(15)6-10(17-8-13)12(19)16-7-11(18)9-4-2-1-3-5-9;/h9-11,17-18H,1-8H2,(H,16,19);1H. The molecule has 3 N–H and O–H groups in total. The Morgan fingerprint density at radius 2 is 2.00 bits per heavy atom. The molecule has 118 valence electrons. The van der Waals surface area contributed by atoms with Crippen molar-refractivity contribution in [3.8, 4) is 0 Å². The molecule has 0 aromatic carbocycles. The lowest BCUT2D eigenvalue weighted by atomic mass is 9.85. The number of rotatable bonds is 4. The van der Waals surface area contributed by atoms with Crippen molar-refractivity contribution in [1.82, 2.24) is 10.6 Å². The molecule has 1 amide bonds. The number of hydrogen-bond acceptors (Lipinski definition) is 3. The zero-order chi connectivity index (χ0) is 13.9. The average Bonchev–Trinajstić information content (AvgIpc) is 2.77. The zero-order valence-corrected chi connectivity index (χ0v) is 12.2. The van der Waals surface area contributed by atoms with Gasteiger partial charge in [0.2, 0.25) is 5.91 Å². The molecule has 1 aliphatic carbocycles. The van der Waals surface area contributed by atoms with Crippen LogP contribution in [0.3, 0.4) is 0 Å². The summed E-state index contributed by atoms with van der Waals surface area (Å²) in [6, 6.07) is -0.839. The topological polar surface area (TPSA) is 61.4 Å². The Kier molecular flexibility index (Phi) is 6.61. The van der Waals surface area contributed by atoms with E-state index in [1.165, 1.54) is 6.42 Å². The van der Waals surface area contributed by atoms with E-state index in [4.69, 9.17) is 0 Å². The van der Waals surface area contributed by atoms with Crippen molar-refractivity contribution in [2.24, 2.45) is 5.92 Å². The van der Waals surface area contributed by atoms with E-state index < -0.39 is 36.9 Å². The van der Waals surface area contributed by atoms with E-state index in [-0.39, 0.29) is 24.9 Å². The van der Waals surface area contributed by atoms with Crippen molar-refractivity contribution in [1.29, 1.82) is 0 Å². The van der Waals surface area contributed by atoms with Crippen molar-refractivity contribution in [3.05, 3.63) is 0 Å². The second-order valence-corrected chi connectivity index (χ2v) is 5.70. The van der Waals surface area contributed by atoms with Crippen molar-refractivity contribution < 1.29 is 18.7 Å². The molecule has 7 heteroatoms. The van der Waals surface area contributed by atoms with Gasteiger partial charge in [-0.05, 0) is 18.8 Å². The third kappa shape index (κ3) is 4.82. The highest BCUT2D eigenvalue weighted by Crippen LogP contribution is 2.27. The van der Waals surface area contributed by atoms with E-state index >= 15 is 0 Å². The Labute approximate surface area is 124 Å². The first-order valence-electron chi connectivity index (χ1n) is 7.05. The molecule has 0 radical (unpaired) electrons. The van der Waals surface area contributed by atoms with Crippen LogP contribution >= 0.6 is 12.4 Å². The van der Waals surface area contributed by atoms with Crippen LogP contribution in [0.2, 0.25) is 0 Å². The summed E-state index contributed by atoms with van der Waals surface area (Å²) >= 11 is 0. The Bertz CT molecular complexity index is 325. The summed E-state index contributed by atoms with van der Waals surface area (Å²) < 4.78 is 25.9. The molecule has 1 heterocycles. The van der Waals surface area contributed by atoms with Crippen LogP contribution in [0.1, 0.15) is 38.5 Å². The molecule has 2 fully saturated rings. The molecule has 0 aromatic rings. The van der Waals surface area contributed by atoms with E-state index in [2.05, 4.69) is 10.6 Å². The quantitative estimate of drug-likeness (QED) is 0.736. The van der Waals surface area contributed by atoms with Gasteiger partial charge in [-0.2, -0.15) is 0 Å². The predicted octanol–water partition coefficient (Wildman–Crippen LogP) is 1.46. The van der Waals surface area contributed by atoms with Gasteiger partial charge in [0.1, 0.15) is 0 Å². The van der Waals surface area contributed by atoms with Crippen LogP contribution in [-0.2, 0) is 4.79 Å². The van der Waals surface area contributed by atoms with Gasteiger partial charge in [-0.3, -0.25) is 10.1 Å². The van der Waals surface area contributed by atoms with E-state index in [0.29, 0.717) is 0 Å². The second kappa shape index (κ2) is 7.52. The maximum Gasteiger partial charge on any atom is 0.262 e. The highest BCUT2D eigenvalue weighted by atomic mass is 35.5. The van der Waals surface area contributed by atoms with Crippen molar-refractivity contribution in [2.75, 3.05) is 13.1 Å². The highest BCUT2D eigenvalue weighted by Gasteiger charge is 2.42. The molecule has 20 heavy (non-hydrogen) atoms. The predicted molar refractivity (Wildman–Crippen MR) is 74.2 cm³/mol. The smallest absolute Gasteiger partial charge is 0.262 e. The van der Waals surface area contributed by atoms with Gasteiger partial charge in [-0.1, -0.05) is 19.3 Å². The molecule has 1 saturated carbocycles. The van der Waals surface area contributed by atoms with Gasteiger partial charge in [0, 0.05) is 13.0 Å². The first kappa shape index (κ1) is 17.6. The number of carbonyl (C=O) groups excluding carboxylic acids is 1. The van der Waals surface area contributed by atoms with Gasteiger partial charge in [0.05, 0.1) is 18.7 Å². The minimum absolute atomic E-state index is 0. The molecule has 1 aliphatic heterocycles. The summed E-state index contributed by atoms with van der Waals surface area (Å²) in [6.45, 7) is -0.288. The molecule has 2 rings (SSSR count). The van der Waals surface area contributed by atoms with Crippen LogP contribution in [0.15, 0.2) is 0 Å². The summed E-state index contributed by atoms with van der Waals surface area (Å²) in [5, 5.41) is 15.1. The van der Waals surface area contributed by atoms with Crippen LogP contribution in [0.5, 0.6) is 0 Å². The number of hydrogen-bond donors (Lipinski definition) is 3. The van der Waals surface area contributed by atoms with Crippen molar-refractivity contribution in [3.63, 3.8) is 0 Å². The number of aliphatic hydroxyl groups excluding tert-OH is 1. The number of alkyl halides is 2. The monoisotopic (exact) mass is 312 g/mol. The highest BCUT2D eigenvalue weighted by molar-refractivity contribution is 5.85. The normalized spacial score (nSPS) is 27.6. The first-order valence-corrected chi connectivity index (χ1v) is 7.05. The van der Waals surface area contributed by atoms with Crippen molar-refractivity contribution in [2.45, 2.75) is 56.6 Å². The Morgan fingerprint density at radius 1 is 1.35 bits per heavy atom. The van der Waals surface area contributed by atoms with Gasteiger partial charge >= 0.3 is 0 Å². The maximum atomic E-state index is 13.0. The van der Waals surface area contributed by atoms with E-state index in [1.807, 2.05) is 0 Å². The fourth-order valence-electron chi connectivity index (χ4n) is 2.91. The molecule has 1 saturated heterocycles. The summed E-state index contributed by atoms with van der Waals surface area (Å²) in [7, 11) is 0. The molecule has 0 aromatic heterocycles. The SMILES string of the molecule is Cl.O=C(NCC(O)C1CCCCC1)C1CC(F)(F)CN1. The van der Waals surface area contributed by atoms with Gasteiger partial charge in [0.25, 0.3) is 5.92 Å². The number of amides is 1. The number of halogens is 3. The Hall–Kier alpha value is -0.460. The summed E-state index contributed by atoms with van der Waals surface area (Å²) in [5.41, 5.74) is 0. The molecule has 0 spiro atoms. The lowest BCUT2D eigenvalue weighted by Crippen LogP contribution is -2.44. The summed E-state index contributed by atoms with van der Waals surface area (Å²) in [4.78, 5) is 11.7. The van der Waals surface area contributed by atoms with Crippen LogP contribution in [0.25, 0.3) is 0 Å². The number of carbonyl (C=O) groups is 1. The zero-order valence-electron chi connectivity index (χ0n) is 11.4. The van der Waals surface area contributed by atoms with Crippen LogP contribution < -0.4 is 10.6 Å². The molecule has 4 nitrogen and oxygen atoms in total. The fraction of sp³-hybridized carbons (Fsp3) is 0.923. The summed E-state index contributed by atoms with van der Waals surface area (Å²) in [6.07, 6.45) is 4.38. The van der Waals surface area contributed by atoms with Crippen molar-refractivity contribution >= 4 is 18.3 Å².